The van der Waals surface area contributed by atoms with E-state index in [1.807, 2.05) is 12.2 Å². The number of esters is 3. The van der Waals surface area contributed by atoms with Crippen LogP contribution in [0.3, 0.4) is 0 Å². The van der Waals surface area contributed by atoms with Crippen molar-refractivity contribution in [3.63, 3.8) is 0 Å². The molecule has 0 heterocycles. The van der Waals surface area contributed by atoms with E-state index in [0.29, 0.717) is 19.3 Å². The Morgan fingerprint density at radius 2 is 0.562 bits per heavy atom. The molecule has 0 fully saturated rings. The highest BCUT2D eigenvalue weighted by molar-refractivity contribution is 5.71. The van der Waals surface area contributed by atoms with E-state index >= 15 is 0 Å². The molecule has 0 aliphatic heterocycles. The number of allylic oxidation sites excluding steroid dienone is 24. The largest absolute Gasteiger partial charge is 0.462 e. The molecule has 1 atom stereocenters. The Labute approximate surface area is 448 Å². The van der Waals surface area contributed by atoms with Crippen LogP contribution in [0.5, 0.6) is 0 Å². The van der Waals surface area contributed by atoms with E-state index < -0.39 is 12.1 Å². The van der Waals surface area contributed by atoms with Crippen LogP contribution in [0.15, 0.2) is 146 Å². The maximum Gasteiger partial charge on any atom is 0.306 e. The van der Waals surface area contributed by atoms with Crippen molar-refractivity contribution in [1.82, 2.24) is 0 Å². The fourth-order valence-electron chi connectivity index (χ4n) is 7.53. The summed E-state index contributed by atoms with van der Waals surface area (Å²) in [7, 11) is 0. The number of ether oxygens (including phenoxy) is 3. The van der Waals surface area contributed by atoms with E-state index in [-0.39, 0.29) is 31.6 Å². The van der Waals surface area contributed by atoms with Crippen molar-refractivity contribution < 1.29 is 28.6 Å². The lowest BCUT2D eigenvalue weighted by Crippen LogP contribution is -2.30. The number of carbonyl (C=O) groups excluding carboxylic acids is 3. The minimum atomic E-state index is -0.820. The van der Waals surface area contributed by atoms with Gasteiger partial charge in [-0.05, 0) is 109 Å². The zero-order valence-electron chi connectivity index (χ0n) is 46.8. The molecular weight excluding hydrogens is 901 g/mol. The van der Waals surface area contributed by atoms with Gasteiger partial charge in [0.2, 0.25) is 0 Å². The molecule has 0 aromatic carbocycles. The molecule has 0 aliphatic carbocycles. The van der Waals surface area contributed by atoms with Gasteiger partial charge in [-0.15, -0.1) is 0 Å². The molecule has 0 rings (SSSR count). The summed E-state index contributed by atoms with van der Waals surface area (Å²) < 4.78 is 16.6. The highest BCUT2D eigenvalue weighted by atomic mass is 16.6. The maximum absolute atomic E-state index is 12.7. The third-order valence-electron chi connectivity index (χ3n) is 11.9. The third-order valence-corrected chi connectivity index (χ3v) is 11.9. The summed E-state index contributed by atoms with van der Waals surface area (Å²) in [5.41, 5.74) is 0. The van der Waals surface area contributed by atoms with Crippen LogP contribution in [0.2, 0.25) is 0 Å². The number of carbonyl (C=O) groups is 3. The summed E-state index contributed by atoms with van der Waals surface area (Å²) in [4.78, 5) is 37.8. The van der Waals surface area contributed by atoms with Crippen LogP contribution < -0.4 is 0 Å². The Hall–Kier alpha value is -4.71. The fourth-order valence-corrected chi connectivity index (χ4v) is 7.53. The summed E-state index contributed by atoms with van der Waals surface area (Å²) in [6.45, 7) is 6.25. The molecule has 0 bridgehead atoms. The van der Waals surface area contributed by atoms with Gasteiger partial charge >= 0.3 is 17.9 Å². The molecule has 6 heteroatoms. The number of rotatable bonds is 51. The van der Waals surface area contributed by atoms with Crippen molar-refractivity contribution in [1.29, 1.82) is 0 Å². The second-order valence-corrected chi connectivity index (χ2v) is 18.8. The SMILES string of the molecule is CC/C=C\C/C=C\C/C=C\C/C=C\C/C=C\C/C=C\CCCCCCCCCCCCCCC(=O)OCC(COC(=O)CCCCCCC)OC(=O)CC/C=C\C/C=C\C/C=C\C/C=C\C/C=C\C/C=C\CC. The molecule has 0 radical (unpaired) electrons. The van der Waals surface area contributed by atoms with Crippen molar-refractivity contribution in [3.05, 3.63) is 146 Å². The van der Waals surface area contributed by atoms with Crippen LogP contribution in [0.4, 0.5) is 0 Å². The molecule has 0 saturated heterocycles. The van der Waals surface area contributed by atoms with Crippen molar-refractivity contribution >= 4 is 17.9 Å². The van der Waals surface area contributed by atoms with Crippen molar-refractivity contribution in [2.75, 3.05) is 13.2 Å². The van der Waals surface area contributed by atoms with Crippen molar-refractivity contribution in [3.8, 4) is 0 Å². The first-order valence-corrected chi connectivity index (χ1v) is 29.3. The van der Waals surface area contributed by atoms with E-state index in [4.69, 9.17) is 14.2 Å². The van der Waals surface area contributed by atoms with E-state index in [9.17, 15) is 14.4 Å². The number of hydrogen-bond donors (Lipinski definition) is 0. The highest BCUT2D eigenvalue weighted by Gasteiger charge is 2.19. The summed E-state index contributed by atoms with van der Waals surface area (Å²) in [5, 5.41) is 0. The molecule has 0 aromatic rings. The van der Waals surface area contributed by atoms with Crippen LogP contribution in [0, 0.1) is 0 Å². The fraction of sp³-hybridized carbons (Fsp3) is 0.597. The van der Waals surface area contributed by atoms with Crippen LogP contribution in [-0.4, -0.2) is 37.2 Å². The Morgan fingerprint density at radius 3 is 0.890 bits per heavy atom. The molecule has 0 spiro atoms. The lowest BCUT2D eigenvalue weighted by molar-refractivity contribution is -0.166. The third kappa shape index (κ3) is 58.1. The lowest BCUT2D eigenvalue weighted by atomic mass is 10.0. The Balaban J connectivity index is 4.15. The molecule has 0 N–H and O–H groups in total. The Kier molecular flexibility index (Phi) is 56.0. The van der Waals surface area contributed by atoms with Crippen LogP contribution in [-0.2, 0) is 28.6 Å². The average molecular weight is 1010 g/mol. The number of hydrogen-bond acceptors (Lipinski definition) is 6. The average Bonchev–Trinajstić information content (AvgIpc) is 3.39. The zero-order chi connectivity index (χ0) is 52.9. The molecule has 73 heavy (non-hydrogen) atoms. The minimum Gasteiger partial charge on any atom is -0.462 e. The summed E-state index contributed by atoms with van der Waals surface area (Å²) in [6.07, 6.45) is 86.2. The van der Waals surface area contributed by atoms with Gasteiger partial charge in [-0.1, -0.05) is 256 Å². The second kappa shape index (κ2) is 59.8. The molecular formula is C67H106O6. The predicted molar refractivity (Wildman–Crippen MR) is 315 cm³/mol. The van der Waals surface area contributed by atoms with E-state index in [1.54, 1.807) is 0 Å². The minimum absolute atomic E-state index is 0.113. The quantitative estimate of drug-likeness (QED) is 0.0261. The standard InChI is InChI=1S/C67H106O6/c1-4-7-10-13-15-17-19-21-23-25-27-28-29-30-31-32-33-34-35-36-37-38-40-41-43-45-47-49-51-54-57-60-66(69)72-63-64(62-71-65(68)59-56-53-12-9-6-3)73-67(70)61-58-55-52-50-48-46-44-42-39-26-24-22-20-18-16-14-11-8-5-2/h7-8,10-11,15-18,21-24,27-28,30-31,33-34,39,42,46,48,52,55,64H,4-6,9,12-14,19-20,25-26,29,32,35-38,40-41,43-45,47,49-51,53-54,56-63H2,1-3H3/b10-7-,11-8-,17-15-,18-16-,23-21-,24-22-,28-27-,31-30-,34-33-,42-39-,48-46-,55-52-. The van der Waals surface area contributed by atoms with E-state index in [2.05, 4.69) is 154 Å². The Bertz CT molecular complexity index is 1630. The van der Waals surface area contributed by atoms with Crippen LogP contribution in [0.1, 0.15) is 239 Å². The first kappa shape index (κ1) is 68.3. The van der Waals surface area contributed by atoms with Gasteiger partial charge in [0.25, 0.3) is 0 Å². The van der Waals surface area contributed by atoms with E-state index in [1.165, 1.54) is 64.2 Å². The van der Waals surface area contributed by atoms with Gasteiger partial charge in [0.1, 0.15) is 13.2 Å². The Morgan fingerprint density at radius 1 is 0.288 bits per heavy atom. The van der Waals surface area contributed by atoms with Crippen LogP contribution in [0.25, 0.3) is 0 Å². The summed E-state index contributed by atoms with van der Waals surface area (Å²) in [6, 6.07) is 0. The van der Waals surface area contributed by atoms with Gasteiger partial charge < -0.3 is 14.2 Å². The smallest absolute Gasteiger partial charge is 0.306 e. The maximum atomic E-state index is 12.7. The van der Waals surface area contributed by atoms with Gasteiger partial charge in [0.05, 0.1) is 0 Å². The van der Waals surface area contributed by atoms with Gasteiger partial charge in [-0.3, -0.25) is 14.4 Å². The van der Waals surface area contributed by atoms with Crippen molar-refractivity contribution in [2.45, 2.75) is 245 Å². The molecule has 410 valence electrons. The molecule has 0 aliphatic rings. The molecule has 0 amide bonds. The lowest BCUT2D eigenvalue weighted by Gasteiger charge is -2.18. The van der Waals surface area contributed by atoms with Gasteiger partial charge in [-0.2, -0.15) is 0 Å². The summed E-state index contributed by atoms with van der Waals surface area (Å²) in [5.74, 6) is -1.02. The predicted octanol–water partition coefficient (Wildman–Crippen LogP) is 20.0. The van der Waals surface area contributed by atoms with Crippen molar-refractivity contribution in [2.24, 2.45) is 0 Å². The van der Waals surface area contributed by atoms with Gasteiger partial charge in [0.15, 0.2) is 6.10 Å². The molecule has 6 nitrogen and oxygen atoms in total. The second-order valence-electron chi connectivity index (χ2n) is 18.8. The van der Waals surface area contributed by atoms with Crippen LogP contribution >= 0.6 is 0 Å². The first-order chi connectivity index (χ1) is 36.0. The van der Waals surface area contributed by atoms with Gasteiger partial charge in [-0.25, -0.2) is 0 Å². The highest BCUT2D eigenvalue weighted by Crippen LogP contribution is 2.14. The topological polar surface area (TPSA) is 78.9 Å². The monoisotopic (exact) mass is 1010 g/mol. The molecule has 0 aromatic heterocycles. The first-order valence-electron chi connectivity index (χ1n) is 29.3. The number of unbranched alkanes of at least 4 members (excludes halogenated alkanes) is 16. The molecule has 1 unspecified atom stereocenters. The van der Waals surface area contributed by atoms with E-state index in [0.717, 1.165) is 128 Å². The van der Waals surface area contributed by atoms with Gasteiger partial charge in [0, 0.05) is 19.3 Å². The zero-order valence-corrected chi connectivity index (χ0v) is 46.8. The molecule has 0 saturated carbocycles. The summed E-state index contributed by atoms with van der Waals surface area (Å²) >= 11 is 0. The normalized spacial score (nSPS) is 13.2.